The van der Waals surface area contributed by atoms with Crippen molar-refractivity contribution in [3.8, 4) is 5.75 Å². The van der Waals surface area contributed by atoms with Crippen molar-refractivity contribution < 1.29 is 19.4 Å². The van der Waals surface area contributed by atoms with E-state index in [-0.39, 0.29) is 12.7 Å². The predicted molar refractivity (Wildman–Crippen MR) is 90.7 cm³/mol. The highest BCUT2D eigenvalue weighted by Crippen LogP contribution is 2.16. The van der Waals surface area contributed by atoms with Gasteiger partial charge >= 0.3 is 6.09 Å². The molecule has 0 unspecified atom stereocenters. The van der Waals surface area contributed by atoms with Crippen molar-refractivity contribution in [1.82, 2.24) is 9.80 Å². The van der Waals surface area contributed by atoms with Crippen molar-refractivity contribution in [2.75, 3.05) is 45.9 Å². The van der Waals surface area contributed by atoms with E-state index in [1.807, 2.05) is 24.3 Å². The number of amides is 1. The zero-order valence-corrected chi connectivity index (χ0v) is 14.9. The summed E-state index contributed by atoms with van der Waals surface area (Å²) < 4.78 is 11.6. The van der Waals surface area contributed by atoms with Crippen LogP contribution in [0.15, 0.2) is 28.7 Å². The molecule has 1 saturated heterocycles. The average Bonchev–Trinajstić information content (AvgIpc) is 2.55. The summed E-state index contributed by atoms with van der Waals surface area (Å²) in [6.07, 6.45) is -0.820. The van der Waals surface area contributed by atoms with Gasteiger partial charge in [-0.05, 0) is 31.2 Å². The van der Waals surface area contributed by atoms with Crippen LogP contribution in [0.4, 0.5) is 4.79 Å². The summed E-state index contributed by atoms with van der Waals surface area (Å²) in [5.41, 5.74) is 0. The molecule has 0 bridgehead atoms. The Morgan fingerprint density at radius 1 is 1.26 bits per heavy atom. The van der Waals surface area contributed by atoms with Gasteiger partial charge in [0.05, 0.1) is 6.61 Å². The van der Waals surface area contributed by atoms with Gasteiger partial charge in [-0.3, -0.25) is 4.90 Å². The summed E-state index contributed by atoms with van der Waals surface area (Å²) in [5, 5.41) is 10.1. The van der Waals surface area contributed by atoms with Gasteiger partial charge in [0.1, 0.15) is 18.5 Å². The van der Waals surface area contributed by atoms with Crippen molar-refractivity contribution in [3.63, 3.8) is 0 Å². The lowest BCUT2D eigenvalue weighted by atomic mass is 10.2. The number of carbonyl (C=O) groups is 1. The Labute approximate surface area is 145 Å². The molecule has 7 heteroatoms. The monoisotopic (exact) mass is 386 g/mol. The highest BCUT2D eigenvalue weighted by atomic mass is 79.9. The highest BCUT2D eigenvalue weighted by Gasteiger charge is 2.23. The van der Waals surface area contributed by atoms with Gasteiger partial charge in [-0.25, -0.2) is 4.79 Å². The highest BCUT2D eigenvalue weighted by molar-refractivity contribution is 9.10. The minimum absolute atomic E-state index is 0.250. The molecule has 1 aromatic rings. The quantitative estimate of drug-likeness (QED) is 0.809. The Balaban J connectivity index is 1.67. The van der Waals surface area contributed by atoms with Crippen LogP contribution in [0.25, 0.3) is 0 Å². The van der Waals surface area contributed by atoms with Gasteiger partial charge in [0.25, 0.3) is 0 Å². The Bertz CT molecular complexity index is 489. The largest absolute Gasteiger partial charge is 0.491 e. The zero-order chi connectivity index (χ0) is 16.7. The third kappa shape index (κ3) is 6.01. The van der Waals surface area contributed by atoms with Gasteiger partial charge in [-0.15, -0.1) is 0 Å². The summed E-state index contributed by atoms with van der Waals surface area (Å²) in [4.78, 5) is 15.5. The lowest BCUT2D eigenvalue weighted by Crippen LogP contribution is -2.51. The second kappa shape index (κ2) is 9.10. The van der Waals surface area contributed by atoms with Crippen molar-refractivity contribution in [2.45, 2.75) is 13.0 Å². The van der Waals surface area contributed by atoms with Crippen LogP contribution in [0.2, 0.25) is 0 Å². The maximum Gasteiger partial charge on any atom is 0.409 e. The van der Waals surface area contributed by atoms with E-state index in [2.05, 4.69) is 20.8 Å². The lowest BCUT2D eigenvalue weighted by molar-refractivity contribution is 0.0408. The molecule has 128 valence electrons. The first kappa shape index (κ1) is 18.0. The first-order chi connectivity index (χ1) is 11.1. The first-order valence-electron chi connectivity index (χ1n) is 7.79. The smallest absolute Gasteiger partial charge is 0.409 e. The molecule has 23 heavy (non-hydrogen) atoms. The van der Waals surface area contributed by atoms with Gasteiger partial charge in [0.15, 0.2) is 0 Å². The minimum atomic E-state index is -0.562. The van der Waals surface area contributed by atoms with Crippen LogP contribution in [-0.2, 0) is 4.74 Å². The lowest BCUT2D eigenvalue weighted by Gasteiger charge is -2.34. The fourth-order valence-electron chi connectivity index (χ4n) is 2.40. The van der Waals surface area contributed by atoms with Crippen molar-refractivity contribution in [2.24, 2.45) is 0 Å². The number of benzene rings is 1. The number of ether oxygens (including phenoxy) is 2. The second-order valence-electron chi connectivity index (χ2n) is 5.41. The van der Waals surface area contributed by atoms with E-state index in [4.69, 9.17) is 9.47 Å². The summed E-state index contributed by atoms with van der Waals surface area (Å²) in [6, 6.07) is 7.51. The minimum Gasteiger partial charge on any atom is -0.491 e. The van der Waals surface area contributed by atoms with E-state index < -0.39 is 6.10 Å². The van der Waals surface area contributed by atoms with E-state index in [1.165, 1.54) is 0 Å². The van der Waals surface area contributed by atoms with Crippen molar-refractivity contribution in [3.05, 3.63) is 28.7 Å². The molecule has 2 rings (SSSR count). The molecule has 0 aliphatic carbocycles. The molecular formula is C16H23BrN2O4. The van der Waals surface area contributed by atoms with Gasteiger partial charge in [0.2, 0.25) is 0 Å². The van der Waals surface area contributed by atoms with Crippen LogP contribution in [0.1, 0.15) is 6.92 Å². The molecule has 0 spiro atoms. The van der Waals surface area contributed by atoms with E-state index in [0.717, 1.165) is 23.3 Å². The summed E-state index contributed by atoms with van der Waals surface area (Å²) in [5.74, 6) is 0.736. The van der Waals surface area contributed by atoms with Gasteiger partial charge in [-0.2, -0.15) is 0 Å². The Hall–Kier alpha value is -1.31. The molecule has 1 N–H and O–H groups in total. The fraction of sp³-hybridized carbons (Fsp3) is 0.562. The number of aliphatic hydroxyl groups is 1. The molecule has 0 aromatic heterocycles. The topological polar surface area (TPSA) is 62.2 Å². The van der Waals surface area contributed by atoms with E-state index in [1.54, 1.807) is 11.8 Å². The van der Waals surface area contributed by atoms with E-state index in [0.29, 0.717) is 26.2 Å². The number of rotatable bonds is 6. The van der Waals surface area contributed by atoms with Crippen LogP contribution in [0.3, 0.4) is 0 Å². The third-order valence-corrected chi connectivity index (χ3v) is 4.15. The van der Waals surface area contributed by atoms with Gasteiger partial charge in [0, 0.05) is 37.2 Å². The molecule has 1 aliphatic heterocycles. The predicted octanol–water partition coefficient (Wildman–Crippen LogP) is 1.96. The third-order valence-electron chi connectivity index (χ3n) is 3.62. The summed E-state index contributed by atoms with van der Waals surface area (Å²) >= 11 is 3.37. The number of β-amino-alcohol motifs (C(OH)–C–C–N with tert-alkyl or cyclic N) is 1. The molecule has 1 aliphatic rings. The normalized spacial score (nSPS) is 16.9. The van der Waals surface area contributed by atoms with Crippen LogP contribution in [0.5, 0.6) is 5.75 Å². The molecule has 1 heterocycles. The Morgan fingerprint density at radius 3 is 2.52 bits per heavy atom. The molecule has 1 amide bonds. The molecule has 1 atom stereocenters. The van der Waals surface area contributed by atoms with E-state index >= 15 is 0 Å². The standard InChI is InChI=1S/C16H23BrN2O4/c1-2-22-16(21)19-9-7-18(8-10-19)11-14(20)12-23-15-5-3-13(17)4-6-15/h3-6,14,20H,2,7-12H2,1H3/t14-/m0/s1. The molecule has 0 saturated carbocycles. The van der Waals surface area contributed by atoms with Gasteiger partial charge in [-0.1, -0.05) is 15.9 Å². The van der Waals surface area contributed by atoms with Crippen LogP contribution in [-0.4, -0.2) is 73.0 Å². The fourth-order valence-corrected chi connectivity index (χ4v) is 2.67. The number of aliphatic hydroxyl groups excluding tert-OH is 1. The van der Waals surface area contributed by atoms with Crippen LogP contribution >= 0.6 is 15.9 Å². The van der Waals surface area contributed by atoms with Crippen molar-refractivity contribution >= 4 is 22.0 Å². The average molecular weight is 387 g/mol. The second-order valence-corrected chi connectivity index (χ2v) is 6.32. The number of halogens is 1. The first-order valence-corrected chi connectivity index (χ1v) is 8.58. The number of nitrogens with zero attached hydrogens (tertiary/aromatic N) is 2. The van der Waals surface area contributed by atoms with Crippen molar-refractivity contribution in [1.29, 1.82) is 0 Å². The van der Waals surface area contributed by atoms with E-state index in [9.17, 15) is 9.90 Å². The maximum atomic E-state index is 11.6. The molecule has 1 fully saturated rings. The number of hydrogen-bond acceptors (Lipinski definition) is 5. The maximum absolute atomic E-state index is 11.6. The van der Waals surface area contributed by atoms with Gasteiger partial charge < -0.3 is 19.5 Å². The zero-order valence-electron chi connectivity index (χ0n) is 13.3. The van der Waals surface area contributed by atoms with Crippen LogP contribution < -0.4 is 4.74 Å². The molecule has 0 radical (unpaired) electrons. The Kier molecular flexibility index (Phi) is 7.14. The molecular weight excluding hydrogens is 364 g/mol. The van der Waals surface area contributed by atoms with Crippen LogP contribution in [0, 0.1) is 0 Å². The SMILES string of the molecule is CCOC(=O)N1CCN(C[C@H](O)COc2ccc(Br)cc2)CC1. The number of hydrogen-bond donors (Lipinski definition) is 1. The molecule has 6 nitrogen and oxygen atoms in total. The summed E-state index contributed by atoms with van der Waals surface area (Å²) in [7, 11) is 0. The number of piperazine rings is 1. The molecule has 1 aromatic carbocycles. The summed E-state index contributed by atoms with van der Waals surface area (Å²) in [6.45, 7) is 5.69. The number of carbonyl (C=O) groups excluding carboxylic acids is 1. The Morgan fingerprint density at radius 2 is 1.91 bits per heavy atom.